The van der Waals surface area contributed by atoms with Gasteiger partial charge in [-0.3, -0.25) is 0 Å². The Kier molecular flexibility index (Phi) is 9.63. The highest BCUT2D eigenvalue weighted by atomic mass is 79.9. The van der Waals surface area contributed by atoms with Crippen LogP contribution in [0.3, 0.4) is 0 Å². The molecule has 218 valence electrons. The van der Waals surface area contributed by atoms with E-state index in [-0.39, 0.29) is 5.92 Å². The third-order valence-corrected chi connectivity index (χ3v) is 9.07. The van der Waals surface area contributed by atoms with Crippen LogP contribution in [-0.2, 0) is 5.60 Å². The summed E-state index contributed by atoms with van der Waals surface area (Å²) in [6.45, 7) is 5.40. The van der Waals surface area contributed by atoms with Gasteiger partial charge in [0.1, 0.15) is 0 Å². The maximum absolute atomic E-state index is 13.0. The van der Waals surface area contributed by atoms with Crippen LogP contribution in [0, 0.1) is 11.3 Å². The molecule has 0 radical (unpaired) electrons. The summed E-state index contributed by atoms with van der Waals surface area (Å²) < 4.78 is 18.0. The highest BCUT2D eigenvalue weighted by Gasteiger charge is 2.44. The van der Waals surface area contributed by atoms with Crippen LogP contribution in [0.4, 0.5) is 0 Å². The quantitative estimate of drug-likeness (QED) is 0.251. The van der Waals surface area contributed by atoms with Crippen LogP contribution in [-0.4, -0.2) is 61.9 Å². The summed E-state index contributed by atoms with van der Waals surface area (Å²) in [5.41, 5.74) is 1.57. The van der Waals surface area contributed by atoms with Crippen molar-refractivity contribution in [3.05, 3.63) is 52.0 Å². The number of pyridine rings is 2. The lowest BCUT2D eigenvalue weighted by molar-refractivity contribution is -0.0188. The molecule has 40 heavy (non-hydrogen) atoms. The number of fused-ring (bicyclic) bond motifs is 1. The Morgan fingerprint density at radius 3 is 2.23 bits per heavy atom. The number of ether oxygens (including phenoxy) is 3. The van der Waals surface area contributed by atoms with Crippen LogP contribution in [0.15, 0.2) is 40.9 Å². The molecular weight excluding hydrogens is 570 g/mol. The first-order valence-electron chi connectivity index (χ1n) is 14.1. The SMILES string of the molecule is COc1cc(C(O)(CCN(C)C)C(CC2CCC(C)(C)CC2)c2cc3cc(Br)ccc3nc2OC)cc(OC)n1. The van der Waals surface area contributed by atoms with Gasteiger partial charge in [0, 0.05) is 40.0 Å². The molecule has 1 fully saturated rings. The van der Waals surface area contributed by atoms with Gasteiger partial charge in [-0.1, -0.05) is 29.8 Å². The molecule has 1 N–H and O–H groups in total. The van der Waals surface area contributed by atoms with Crippen molar-refractivity contribution in [2.45, 2.75) is 63.9 Å². The minimum Gasteiger partial charge on any atom is -0.481 e. The maximum atomic E-state index is 13.0. The third kappa shape index (κ3) is 6.89. The highest BCUT2D eigenvalue weighted by Crippen LogP contribution is 2.50. The van der Waals surface area contributed by atoms with Crippen LogP contribution in [0.5, 0.6) is 17.6 Å². The van der Waals surface area contributed by atoms with Crippen LogP contribution in [0.25, 0.3) is 10.9 Å². The molecule has 2 unspecified atom stereocenters. The summed E-state index contributed by atoms with van der Waals surface area (Å²) in [6, 6.07) is 11.9. The van der Waals surface area contributed by atoms with Crippen molar-refractivity contribution in [1.82, 2.24) is 14.9 Å². The zero-order valence-electron chi connectivity index (χ0n) is 25.0. The maximum Gasteiger partial charge on any atom is 0.217 e. The lowest BCUT2D eigenvalue weighted by atomic mass is 9.66. The van der Waals surface area contributed by atoms with Crippen molar-refractivity contribution in [3.63, 3.8) is 0 Å². The lowest BCUT2D eigenvalue weighted by Crippen LogP contribution is -2.39. The van der Waals surface area contributed by atoms with Gasteiger partial charge in [-0.2, -0.15) is 4.98 Å². The second-order valence-corrected chi connectivity index (χ2v) is 13.2. The number of methoxy groups -OCH3 is 3. The van der Waals surface area contributed by atoms with Gasteiger partial charge in [0.2, 0.25) is 17.6 Å². The normalized spacial score (nSPS) is 17.9. The van der Waals surface area contributed by atoms with Gasteiger partial charge in [-0.15, -0.1) is 0 Å². The van der Waals surface area contributed by atoms with Crippen molar-refractivity contribution in [2.24, 2.45) is 11.3 Å². The number of nitrogens with zero attached hydrogens (tertiary/aromatic N) is 3. The van der Waals surface area contributed by atoms with E-state index in [0.29, 0.717) is 41.9 Å². The molecule has 8 heteroatoms. The largest absolute Gasteiger partial charge is 0.481 e. The molecule has 1 aliphatic carbocycles. The van der Waals surface area contributed by atoms with E-state index >= 15 is 0 Å². The van der Waals surface area contributed by atoms with E-state index in [4.69, 9.17) is 19.2 Å². The van der Waals surface area contributed by atoms with E-state index in [2.05, 4.69) is 51.8 Å². The number of halogens is 1. The molecule has 2 heterocycles. The predicted molar refractivity (Wildman–Crippen MR) is 164 cm³/mol. The number of hydrogen-bond donors (Lipinski definition) is 1. The molecule has 0 saturated heterocycles. The minimum absolute atomic E-state index is 0.290. The Balaban J connectivity index is 1.93. The molecule has 0 aliphatic heterocycles. The van der Waals surface area contributed by atoms with E-state index in [9.17, 15) is 5.11 Å². The van der Waals surface area contributed by atoms with Crippen molar-refractivity contribution in [3.8, 4) is 17.6 Å². The van der Waals surface area contributed by atoms with E-state index < -0.39 is 5.60 Å². The van der Waals surface area contributed by atoms with Crippen LogP contribution in [0.2, 0.25) is 0 Å². The van der Waals surface area contributed by atoms with Crippen LogP contribution < -0.4 is 14.2 Å². The van der Waals surface area contributed by atoms with E-state index in [1.165, 1.54) is 12.8 Å². The topological polar surface area (TPSA) is 76.9 Å². The fourth-order valence-electron chi connectivity index (χ4n) is 6.02. The average molecular weight is 615 g/mol. The molecule has 0 bridgehead atoms. The van der Waals surface area contributed by atoms with E-state index in [1.807, 2.05) is 38.4 Å². The Labute approximate surface area is 247 Å². The molecule has 3 aromatic rings. The number of benzene rings is 1. The van der Waals surface area contributed by atoms with Crippen molar-refractivity contribution in [2.75, 3.05) is 42.0 Å². The number of aromatic nitrogens is 2. The summed E-state index contributed by atoms with van der Waals surface area (Å²) in [4.78, 5) is 11.4. The second-order valence-electron chi connectivity index (χ2n) is 12.2. The van der Waals surface area contributed by atoms with Gasteiger partial charge < -0.3 is 24.2 Å². The first-order chi connectivity index (χ1) is 19.0. The van der Waals surface area contributed by atoms with Crippen LogP contribution in [0.1, 0.15) is 69.4 Å². The monoisotopic (exact) mass is 613 g/mol. The number of hydrogen-bond acceptors (Lipinski definition) is 7. The minimum atomic E-state index is -1.27. The van der Waals surface area contributed by atoms with Crippen LogP contribution >= 0.6 is 15.9 Å². The Hall–Kier alpha value is -2.42. The van der Waals surface area contributed by atoms with Gasteiger partial charge >= 0.3 is 0 Å². The third-order valence-electron chi connectivity index (χ3n) is 8.58. The summed E-state index contributed by atoms with van der Waals surface area (Å²) >= 11 is 3.62. The Bertz CT molecular complexity index is 1280. The van der Waals surface area contributed by atoms with Crippen molar-refractivity contribution < 1.29 is 19.3 Å². The molecule has 2 atom stereocenters. The molecule has 1 aromatic carbocycles. The fourth-order valence-corrected chi connectivity index (χ4v) is 6.40. The molecule has 7 nitrogen and oxygen atoms in total. The van der Waals surface area contributed by atoms with E-state index in [1.54, 1.807) is 21.3 Å². The van der Waals surface area contributed by atoms with Crippen molar-refractivity contribution >= 4 is 26.8 Å². The molecule has 1 aliphatic rings. The molecule has 2 aromatic heterocycles. The second kappa shape index (κ2) is 12.6. The molecular formula is C32H44BrN3O4. The summed E-state index contributed by atoms with van der Waals surface area (Å²) in [6.07, 6.45) is 5.93. The Morgan fingerprint density at radius 1 is 1.00 bits per heavy atom. The highest BCUT2D eigenvalue weighted by molar-refractivity contribution is 9.10. The molecule has 0 amide bonds. The average Bonchev–Trinajstić information content (AvgIpc) is 2.94. The zero-order chi connectivity index (χ0) is 29.1. The van der Waals surface area contributed by atoms with Gasteiger partial charge in [0.25, 0.3) is 0 Å². The van der Waals surface area contributed by atoms with Gasteiger partial charge in [-0.05, 0) is 93.8 Å². The summed E-state index contributed by atoms with van der Waals surface area (Å²) in [5.74, 6) is 1.54. The molecule has 0 spiro atoms. The lowest BCUT2D eigenvalue weighted by Gasteiger charge is -2.42. The van der Waals surface area contributed by atoms with Gasteiger partial charge in [0.05, 0.1) is 32.4 Å². The summed E-state index contributed by atoms with van der Waals surface area (Å²) in [7, 11) is 8.89. The first kappa shape index (κ1) is 30.5. The number of aliphatic hydroxyl groups is 1. The smallest absolute Gasteiger partial charge is 0.217 e. The fraction of sp³-hybridized carbons (Fsp3) is 0.562. The summed E-state index contributed by atoms with van der Waals surface area (Å²) in [5, 5.41) is 14.0. The molecule has 1 saturated carbocycles. The van der Waals surface area contributed by atoms with Gasteiger partial charge in [-0.25, -0.2) is 4.98 Å². The zero-order valence-corrected chi connectivity index (χ0v) is 26.5. The predicted octanol–water partition coefficient (Wildman–Crippen LogP) is 6.95. The number of rotatable bonds is 11. The van der Waals surface area contributed by atoms with Gasteiger partial charge in [0.15, 0.2) is 0 Å². The first-order valence-corrected chi connectivity index (χ1v) is 14.9. The van der Waals surface area contributed by atoms with E-state index in [0.717, 1.165) is 45.8 Å². The van der Waals surface area contributed by atoms with Crippen molar-refractivity contribution in [1.29, 1.82) is 0 Å². The molecule has 4 rings (SSSR count). The Morgan fingerprint density at radius 2 is 1.65 bits per heavy atom. The standard InChI is InChI=1S/C32H44BrN3O4/c1-31(2)12-10-21(11-13-31)16-26(25-18-22-17-24(33)8-9-27(22)34-30(25)40-7)32(37,14-15-36(3)4)23-19-28(38-5)35-29(20-23)39-6/h8-9,17-21,26,37H,10-16H2,1-7H3.